The molecule has 0 aliphatic rings. The van der Waals surface area contributed by atoms with Crippen LogP contribution in [0.5, 0.6) is 11.5 Å². The van der Waals surface area contributed by atoms with E-state index in [1.807, 2.05) is 87.5 Å². The highest BCUT2D eigenvalue weighted by atomic mass is 35.5. The van der Waals surface area contributed by atoms with Crippen LogP contribution >= 0.6 is 11.6 Å². The second-order valence-corrected chi connectivity index (χ2v) is 8.10. The van der Waals surface area contributed by atoms with Gasteiger partial charge in [-0.2, -0.15) is 0 Å². The Morgan fingerprint density at radius 2 is 1.62 bits per heavy atom. The average Bonchev–Trinajstić information content (AvgIpc) is 2.79. The van der Waals surface area contributed by atoms with E-state index in [2.05, 4.69) is 10.6 Å². The van der Waals surface area contributed by atoms with E-state index >= 15 is 0 Å². The lowest BCUT2D eigenvalue weighted by molar-refractivity contribution is -0.118. The van der Waals surface area contributed by atoms with E-state index < -0.39 is 0 Å². The van der Waals surface area contributed by atoms with Crippen molar-refractivity contribution in [3.63, 3.8) is 0 Å². The molecule has 2 N–H and O–H groups in total. The van der Waals surface area contributed by atoms with Crippen molar-refractivity contribution in [2.75, 3.05) is 17.2 Å². The molecule has 0 aromatic heterocycles. The molecular formula is C26H29ClN2O3. The lowest BCUT2D eigenvalue weighted by Gasteiger charge is -2.17. The zero-order valence-electron chi connectivity index (χ0n) is 18.7. The van der Waals surface area contributed by atoms with Crippen LogP contribution < -0.4 is 20.1 Å². The highest BCUT2D eigenvalue weighted by molar-refractivity contribution is 6.30. The van der Waals surface area contributed by atoms with Crippen LogP contribution in [0.1, 0.15) is 31.9 Å². The van der Waals surface area contributed by atoms with Gasteiger partial charge in [0.1, 0.15) is 6.61 Å². The van der Waals surface area contributed by atoms with Gasteiger partial charge in [0.15, 0.2) is 11.5 Å². The largest absolute Gasteiger partial charge is 0.490 e. The summed E-state index contributed by atoms with van der Waals surface area (Å²) in [5, 5.41) is 7.01. The maximum atomic E-state index is 11.9. The van der Waals surface area contributed by atoms with Gasteiger partial charge in [0.05, 0.1) is 6.61 Å². The topological polar surface area (TPSA) is 59.6 Å². The Morgan fingerprint density at radius 1 is 0.938 bits per heavy atom. The van der Waals surface area contributed by atoms with Crippen molar-refractivity contribution in [1.29, 1.82) is 0 Å². The summed E-state index contributed by atoms with van der Waals surface area (Å²) >= 11 is 5.98. The molecule has 168 valence electrons. The van der Waals surface area contributed by atoms with Crippen LogP contribution in [0.25, 0.3) is 0 Å². The number of halogens is 1. The number of amides is 1. The maximum Gasteiger partial charge on any atom is 0.226 e. The first-order chi connectivity index (χ1) is 15.5. The molecule has 0 bridgehead atoms. The van der Waals surface area contributed by atoms with E-state index in [4.69, 9.17) is 21.1 Å². The SMILES string of the molecule is CCOc1cccc(CNc2ccc(NC(=O)C(C)C)cc2)c1OCc1ccc(Cl)cc1. The van der Waals surface area contributed by atoms with Crippen LogP contribution in [0.3, 0.4) is 0 Å². The van der Waals surface area contributed by atoms with Crippen LogP contribution in [-0.2, 0) is 17.9 Å². The molecule has 3 aromatic rings. The van der Waals surface area contributed by atoms with Crippen LogP contribution in [0.4, 0.5) is 11.4 Å². The molecule has 0 heterocycles. The van der Waals surface area contributed by atoms with Gasteiger partial charge in [-0.15, -0.1) is 0 Å². The van der Waals surface area contributed by atoms with E-state index in [1.54, 1.807) is 0 Å². The Balaban J connectivity index is 1.69. The first-order valence-corrected chi connectivity index (χ1v) is 11.1. The zero-order valence-corrected chi connectivity index (χ0v) is 19.4. The predicted molar refractivity (Wildman–Crippen MR) is 131 cm³/mol. The van der Waals surface area contributed by atoms with Gasteiger partial charge < -0.3 is 20.1 Å². The summed E-state index contributed by atoms with van der Waals surface area (Å²) in [5.74, 6) is 1.38. The van der Waals surface area contributed by atoms with Gasteiger partial charge >= 0.3 is 0 Å². The van der Waals surface area contributed by atoms with Gasteiger partial charge in [-0.3, -0.25) is 4.79 Å². The standard InChI is InChI=1S/C26H29ClN2O3/c1-4-31-24-7-5-6-20(25(24)32-17-19-8-10-21(27)11-9-19)16-28-22-12-14-23(15-13-22)29-26(30)18(2)3/h5-15,18,28H,4,16-17H2,1-3H3,(H,29,30). The summed E-state index contributed by atoms with van der Waals surface area (Å²) in [6.07, 6.45) is 0. The minimum absolute atomic E-state index is 0.000858. The number of carbonyl (C=O) groups is 1. The lowest BCUT2D eigenvalue weighted by atomic mass is 10.1. The molecule has 5 nitrogen and oxygen atoms in total. The Kier molecular flexibility index (Phi) is 8.40. The predicted octanol–water partition coefficient (Wildman–Crippen LogP) is 6.52. The Morgan fingerprint density at radius 3 is 2.28 bits per heavy atom. The fraction of sp³-hybridized carbons (Fsp3) is 0.269. The second-order valence-electron chi connectivity index (χ2n) is 7.67. The van der Waals surface area contributed by atoms with E-state index in [-0.39, 0.29) is 11.8 Å². The number of benzene rings is 3. The third-order valence-electron chi connectivity index (χ3n) is 4.82. The zero-order chi connectivity index (χ0) is 22.9. The first-order valence-electron chi connectivity index (χ1n) is 10.7. The third kappa shape index (κ3) is 6.66. The summed E-state index contributed by atoms with van der Waals surface area (Å²) in [7, 11) is 0. The molecule has 1 amide bonds. The van der Waals surface area contributed by atoms with Gasteiger partial charge in [0, 0.05) is 34.4 Å². The molecule has 0 radical (unpaired) electrons. The van der Waals surface area contributed by atoms with E-state index in [0.29, 0.717) is 30.5 Å². The third-order valence-corrected chi connectivity index (χ3v) is 5.07. The number of rotatable bonds is 10. The van der Waals surface area contributed by atoms with Crippen molar-refractivity contribution in [3.8, 4) is 11.5 Å². The quantitative estimate of drug-likeness (QED) is 0.367. The molecule has 0 unspecified atom stereocenters. The van der Waals surface area contributed by atoms with Crippen LogP contribution in [0.15, 0.2) is 66.7 Å². The summed E-state index contributed by atoms with van der Waals surface area (Å²) < 4.78 is 12.0. The van der Waals surface area contributed by atoms with Gasteiger partial charge in [-0.25, -0.2) is 0 Å². The minimum Gasteiger partial charge on any atom is -0.490 e. The van der Waals surface area contributed by atoms with Gasteiger partial charge in [0.25, 0.3) is 0 Å². The van der Waals surface area contributed by atoms with Crippen molar-refractivity contribution >= 4 is 28.9 Å². The molecule has 0 aliphatic heterocycles. The van der Waals surface area contributed by atoms with Crippen LogP contribution in [-0.4, -0.2) is 12.5 Å². The number of anilines is 2. The molecule has 0 spiro atoms. The maximum absolute atomic E-state index is 11.9. The van der Waals surface area contributed by atoms with E-state index in [1.165, 1.54) is 0 Å². The monoisotopic (exact) mass is 452 g/mol. The minimum atomic E-state index is -0.0586. The Bertz CT molecular complexity index is 1020. The number of carbonyl (C=O) groups excluding carboxylic acids is 1. The summed E-state index contributed by atoms with van der Waals surface area (Å²) in [5.41, 5.74) is 3.73. The highest BCUT2D eigenvalue weighted by Gasteiger charge is 2.12. The van der Waals surface area contributed by atoms with Crippen molar-refractivity contribution in [2.24, 2.45) is 5.92 Å². The first kappa shape index (κ1) is 23.5. The highest BCUT2D eigenvalue weighted by Crippen LogP contribution is 2.33. The Labute approximate surface area is 194 Å². The number of hydrogen-bond acceptors (Lipinski definition) is 4. The number of hydrogen-bond donors (Lipinski definition) is 2. The molecule has 0 atom stereocenters. The number of ether oxygens (including phenoxy) is 2. The average molecular weight is 453 g/mol. The van der Waals surface area contributed by atoms with E-state index in [0.717, 1.165) is 28.3 Å². The number of nitrogens with one attached hydrogen (secondary N) is 2. The lowest BCUT2D eigenvalue weighted by Crippen LogP contribution is -2.17. The normalized spacial score (nSPS) is 10.7. The Hall–Kier alpha value is -3.18. The van der Waals surface area contributed by atoms with Gasteiger partial charge in [-0.1, -0.05) is 49.7 Å². The van der Waals surface area contributed by atoms with Gasteiger partial charge in [-0.05, 0) is 55.0 Å². The molecular weight excluding hydrogens is 424 g/mol. The summed E-state index contributed by atoms with van der Waals surface area (Å²) in [6.45, 7) is 7.22. The van der Waals surface area contributed by atoms with Crippen molar-refractivity contribution in [2.45, 2.75) is 33.9 Å². The molecule has 0 saturated carbocycles. The fourth-order valence-electron chi connectivity index (χ4n) is 3.02. The van der Waals surface area contributed by atoms with E-state index in [9.17, 15) is 4.79 Å². The molecule has 32 heavy (non-hydrogen) atoms. The van der Waals surface area contributed by atoms with Crippen molar-refractivity contribution < 1.29 is 14.3 Å². The van der Waals surface area contributed by atoms with Crippen molar-refractivity contribution in [3.05, 3.63) is 82.9 Å². The molecule has 0 aliphatic carbocycles. The molecule has 6 heteroatoms. The van der Waals surface area contributed by atoms with Crippen LogP contribution in [0.2, 0.25) is 5.02 Å². The van der Waals surface area contributed by atoms with Crippen molar-refractivity contribution in [1.82, 2.24) is 0 Å². The second kappa shape index (κ2) is 11.4. The van der Waals surface area contributed by atoms with Gasteiger partial charge in [0.2, 0.25) is 5.91 Å². The molecule has 0 saturated heterocycles. The number of para-hydroxylation sites is 1. The smallest absolute Gasteiger partial charge is 0.226 e. The van der Waals surface area contributed by atoms with Crippen LogP contribution in [0, 0.1) is 5.92 Å². The molecule has 0 fully saturated rings. The summed E-state index contributed by atoms with van der Waals surface area (Å²) in [6, 6.07) is 21.1. The summed E-state index contributed by atoms with van der Waals surface area (Å²) in [4.78, 5) is 11.9. The molecule has 3 aromatic carbocycles. The molecule has 3 rings (SSSR count). The fourth-order valence-corrected chi connectivity index (χ4v) is 3.15.